The summed E-state index contributed by atoms with van der Waals surface area (Å²) in [6.07, 6.45) is 3.30. The summed E-state index contributed by atoms with van der Waals surface area (Å²) in [4.78, 5) is 42.4. The van der Waals surface area contributed by atoms with Gasteiger partial charge in [0.05, 0.1) is 23.4 Å². The molecule has 1 saturated carbocycles. The molecule has 2 aliphatic rings. The standard InChI is InChI=1S/C27H28BrClN4O4/c1-37-20-10-8-19(9-11-20)33-24(25(34)30-18-5-3-2-4-6-18)23-16-31(13-14-32(23)27(33)36)26(35)17-7-12-21(28)22(29)15-17/h2-7,12,15,19-20H,8-11,13-14,16H2,1H3,(H,30,34). The molecule has 1 N–H and O–H groups in total. The number of benzene rings is 2. The molecule has 2 amide bonds. The first kappa shape index (κ1) is 25.8. The number of halogens is 2. The van der Waals surface area contributed by atoms with Crippen LogP contribution in [0.4, 0.5) is 5.69 Å². The van der Waals surface area contributed by atoms with Crippen LogP contribution >= 0.6 is 27.5 Å². The van der Waals surface area contributed by atoms with Gasteiger partial charge in [0.15, 0.2) is 0 Å². The fraction of sp³-hybridized carbons (Fsp3) is 0.370. The van der Waals surface area contributed by atoms with Gasteiger partial charge in [0, 0.05) is 42.0 Å². The number of anilines is 1. The van der Waals surface area contributed by atoms with Crippen molar-refractivity contribution in [1.82, 2.24) is 14.0 Å². The van der Waals surface area contributed by atoms with Gasteiger partial charge >= 0.3 is 5.69 Å². The van der Waals surface area contributed by atoms with E-state index in [0.717, 1.165) is 25.7 Å². The number of amides is 2. The number of ether oxygens (including phenoxy) is 1. The summed E-state index contributed by atoms with van der Waals surface area (Å²) in [6, 6.07) is 14.1. The number of aromatic nitrogens is 2. The van der Waals surface area contributed by atoms with Gasteiger partial charge in [0.2, 0.25) is 0 Å². The minimum atomic E-state index is -0.355. The SMILES string of the molecule is COC1CCC(n2c(C(=O)Nc3ccccc3)c3n(c2=O)CCN(C(=O)c2ccc(Br)c(Cl)c2)C3)CC1. The molecule has 1 fully saturated rings. The van der Waals surface area contributed by atoms with E-state index in [-0.39, 0.29) is 36.2 Å². The fourth-order valence-electron chi connectivity index (χ4n) is 5.29. The van der Waals surface area contributed by atoms with Gasteiger partial charge in [-0.05, 0) is 71.9 Å². The van der Waals surface area contributed by atoms with E-state index in [0.29, 0.717) is 45.2 Å². The molecular formula is C27H28BrClN4O4. The minimum Gasteiger partial charge on any atom is -0.381 e. The highest BCUT2D eigenvalue weighted by Crippen LogP contribution is 2.32. The van der Waals surface area contributed by atoms with Crippen LogP contribution in [0.15, 0.2) is 57.8 Å². The third-order valence-electron chi connectivity index (χ3n) is 7.25. The van der Waals surface area contributed by atoms with E-state index in [2.05, 4.69) is 21.2 Å². The van der Waals surface area contributed by atoms with Crippen molar-refractivity contribution in [3.63, 3.8) is 0 Å². The normalized spacial score (nSPS) is 19.4. The van der Waals surface area contributed by atoms with E-state index in [1.54, 1.807) is 51.5 Å². The van der Waals surface area contributed by atoms with Crippen LogP contribution in [0.25, 0.3) is 0 Å². The average molecular weight is 588 g/mol. The Kier molecular flexibility index (Phi) is 7.55. The monoisotopic (exact) mass is 586 g/mol. The summed E-state index contributed by atoms with van der Waals surface area (Å²) in [5, 5.41) is 3.39. The number of hydrogen-bond acceptors (Lipinski definition) is 4. The molecule has 1 aliphatic heterocycles. The number of fused-ring (bicyclic) bond motifs is 1. The first-order valence-corrected chi connectivity index (χ1v) is 13.5. The number of carbonyl (C=O) groups excluding carboxylic acids is 2. The Labute approximate surface area is 228 Å². The second-order valence-electron chi connectivity index (χ2n) is 9.44. The molecule has 0 unspecified atom stereocenters. The third-order valence-corrected chi connectivity index (χ3v) is 8.49. The Morgan fingerprint density at radius 3 is 2.46 bits per heavy atom. The van der Waals surface area contributed by atoms with Crippen molar-refractivity contribution in [2.45, 2.75) is 50.9 Å². The van der Waals surface area contributed by atoms with E-state index in [1.807, 2.05) is 18.2 Å². The van der Waals surface area contributed by atoms with Gasteiger partial charge in [-0.25, -0.2) is 4.79 Å². The quantitative estimate of drug-likeness (QED) is 0.450. The predicted molar refractivity (Wildman–Crippen MR) is 145 cm³/mol. The largest absolute Gasteiger partial charge is 0.381 e. The lowest BCUT2D eigenvalue weighted by Crippen LogP contribution is -2.41. The lowest BCUT2D eigenvalue weighted by atomic mass is 9.92. The Hall–Kier alpha value is -2.88. The average Bonchev–Trinajstić information content (AvgIpc) is 3.22. The topological polar surface area (TPSA) is 85.6 Å². The second-order valence-corrected chi connectivity index (χ2v) is 10.7. The maximum Gasteiger partial charge on any atom is 0.329 e. The van der Waals surface area contributed by atoms with Crippen molar-refractivity contribution in [3.8, 4) is 0 Å². The Bertz CT molecular complexity index is 1380. The summed E-state index contributed by atoms with van der Waals surface area (Å²) in [7, 11) is 1.71. The second kappa shape index (κ2) is 10.8. The van der Waals surface area contributed by atoms with E-state index in [9.17, 15) is 14.4 Å². The number of para-hydroxylation sites is 1. The number of nitrogens with zero attached hydrogens (tertiary/aromatic N) is 3. The highest BCUT2D eigenvalue weighted by Gasteiger charge is 2.35. The zero-order chi connectivity index (χ0) is 26.1. The molecule has 194 valence electrons. The number of carbonyl (C=O) groups is 2. The fourth-order valence-corrected chi connectivity index (χ4v) is 5.72. The molecule has 10 heteroatoms. The van der Waals surface area contributed by atoms with Gasteiger partial charge in [-0.15, -0.1) is 0 Å². The smallest absolute Gasteiger partial charge is 0.329 e. The van der Waals surface area contributed by atoms with Crippen LogP contribution in [0.5, 0.6) is 0 Å². The summed E-state index contributed by atoms with van der Waals surface area (Å²) in [5.74, 6) is -0.553. The maximum atomic E-state index is 13.7. The van der Waals surface area contributed by atoms with Gasteiger partial charge in [-0.1, -0.05) is 29.8 Å². The van der Waals surface area contributed by atoms with Crippen molar-refractivity contribution in [2.75, 3.05) is 19.0 Å². The molecule has 0 spiro atoms. The van der Waals surface area contributed by atoms with Crippen molar-refractivity contribution in [2.24, 2.45) is 0 Å². The number of rotatable bonds is 5. The lowest BCUT2D eigenvalue weighted by Gasteiger charge is -2.29. The van der Waals surface area contributed by atoms with E-state index in [1.165, 1.54) is 0 Å². The third kappa shape index (κ3) is 5.12. The van der Waals surface area contributed by atoms with Crippen LogP contribution < -0.4 is 11.0 Å². The van der Waals surface area contributed by atoms with Crippen LogP contribution in [-0.4, -0.2) is 45.6 Å². The molecule has 37 heavy (non-hydrogen) atoms. The van der Waals surface area contributed by atoms with Gasteiger partial charge in [-0.3, -0.25) is 18.7 Å². The highest BCUT2D eigenvalue weighted by molar-refractivity contribution is 9.10. The first-order chi connectivity index (χ1) is 17.9. The van der Waals surface area contributed by atoms with Crippen molar-refractivity contribution in [1.29, 1.82) is 0 Å². The molecule has 8 nitrogen and oxygen atoms in total. The number of hydrogen-bond donors (Lipinski definition) is 1. The van der Waals surface area contributed by atoms with E-state index < -0.39 is 0 Å². The highest BCUT2D eigenvalue weighted by atomic mass is 79.9. The van der Waals surface area contributed by atoms with Crippen LogP contribution in [0, 0.1) is 0 Å². The summed E-state index contributed by atoms with van der Waals surface area (Å²) in [5.41, 5.74) is 1.77. The first-order valence-electron chi connectivity index (χ1n) is 12.3. The molecule has 3 aromatic rings. The predicted octanol–water partition coefficient (Wildman–Crippen LogP) is 5.10. The molecule has 0 atom stereocenters. The molecule has 0 radical (unpaired) electrons. The van der Waals surface area contributed by atoms with Gasteiger partial charge in [0.1, 0.15) is 5.69 Å². The summed E-state index contributed by atoms with van der Waals surface area (Å²) >= 11 is 9.58. The summed E-state index contributed by atoms with van der Waals surface area (Å²) < 4.78 is 9.53. The van der Waals surface area contributed by atoms with Gasteiger partial charge < -0.3 is 15.0 Å². The Balaban J connectivity index is 1.51. The van der Waals surface area contributed by atoms with Crippen LogP contribution in [0.2, 0.25) is 5.02 Å². The van der Waals surface area contributed by atoms with Crippen molar-refractivity contribution >= 4 is 45.0 Å². The molecule has 2 aromatic carbocycles. The number of imidazole rings is 1. The van der Waals surface area contributed by atoms with Gasteiger partial charge in [0.25, 0.3) is 11.8 Å². The molecule has 0 saturated heterocycles. The van der Waals surface area contributed by atoms with Crippen LogP contribution in [-0.2, 0) is 17.8 Å². The zero-order valence-corrected chi connectivity index (χ0v) is 22.8. The molecule has 1 aliphatic carbocycles. The molecular weight excluding hydrogens is 560 g/mol. The lowest BCUT2D eigenvalue weighted by molar-refractivity contribution is 0.0575. The van der Waals surface area contributed by atoms with E-state index in [4.69, 9.17) is 16.3 Å². The van der Waals surface area contributed by atoms with E-state index >= 15 is 0 Å². The van der Waals surface area contributed by atoms with Crippen LogP contribution in [0.3, 0.4) is 0 Å². The number of methoxy groups -OCH3 is 1. The molecule has 0 bridgehead atoms. The Morgan fingerprint density at radius 2 is 1.78 bits per heavy atom. The van der Waals surface area contributed by atoms with Crippen molar-refractivity contribution in [3.05, 3.63) is 85.5 Å². The maximum absolute atomic E-state index is 13.7. The molecule has 2 heterocycles. The molecule has 1 aromatic heterocycles. The molecule has 5 rings (SSSR count). The number of nitrogens with one attached hydrogen (secondary N) is 1. The zero-order valence-electron chi connectivity index (χ0n) is 20.5. The van der Waals surface area contributed by atoms with Crippen LogP contribution in [0.1, 0.15) is 58.3 Å². The Morgan fingerprint density at radius 1 is 1.05 bits per heavy atom. The van der Waals surface area contributed by atoms with Crippen molar-refractivity contribution < 1.29 is 14.3 Å². The van der Waals surface area contributed by atoms with Gasteiger partial charge in [-0.2, -0.15) is 0 Å². The summed E-state index contributed by atoms with van der Waals surface area (Å²) in [6.45, 7) is 0.829. The minimum absolute atomic E-state index is 0.108.